The Labute approximate surface area is 148 Å². The predicted octanol–water partition coefficient (Wildman–Crippen LogP) is 2.60. The topological polar surface area (TPSA) is 79.2 Å². The average Bonchev–Trinajstić information content (AvgIpc) is 3.03. The first-order valence-electron chi connectivity index (χ1n) is 8.87. The van der Waals surface area contributed by atoms with E-state index in [4.69, 9.17) is 0 Å². The van der Waals surface area contributed by atoms with Crippen LogP contribution in [0.1, 0.15) is 49.8 Å². The average molecular weight is 342 g/mol. The van der Waals surface area contributed by atoms with Gasteiger partial charge >= 0.3 is 6.03 Å². The molecular formula is C19H26N4O2. The van der Waals surface area contributed by atoms with Crippen LogP contribution in [0.3, 0.4) is 0 Å². The molecule has 3 rings (SSSR count). The summed E-state index contributed by atoms with van der Waals surface area (Å²) >= 11 is 0. The van der Waals surface area contributed by atoms with Crippen LogP contribution in [0, 0.1) is 0 Å². The molecule has 2 aromatic rings. The fourth-order valence-electron chi connectivity index (χ4n) is 3.03. The lowest BCUT2D eigenvalue weighted by atomic mass is 9.78. The number of hydrogen-bond acceptors (Lipinski definition) is 3. The van der Waals surface area contributed by atoms with Crippen LogP contribution in [-0.2, 0) is 6.54 Å². The zero-order valence-electron chi connectivity index (χ0n) is 14.6. The summed E-state index contributed by atoms with van der Waals surface area (Å²) in [5.74, 6) is 0. The number of nitrogens with zero attached hydrogens (tertiary/aromatic N) is 2. The molecule has 2 amide bonds. The van der Waals surface area contributed by atoms with Gasteiger partial charge in [-0.1, -0.05) is 30.3 Å². The lowest BCUT2D eigenvalue weighted by Crippen LogP contribution is -2.43. The summed E-state index contributed by atoms with van der Waals surface area (Å²) in [6.45, 7) is 3.13. The highest BCUT2D eigenvalue weighted by Gasteiger charge is 2.33. The number of benzene rings is 1. The minimum absolute atomic E-state index is 0.128. The van der Waals surface area contributed by atoms with Crippen molar-refractivity contribution in [1.82, 2.24) is 20.4 Å². The molecule has 1 atom stereocenters. The number of amides is 2. The Hall–Kier alpha value is -2.34. The molecule has 1 aliphatic carbocycles. The summed E-state index contributed by atoms with van der Waals surface area (Å²) in [6.07, 6.45) is 7.11. The molecule has 0 aliphatic heterocycles. The molecule has 6 heteroatoms. The normalized spacial score (nSPS) is 16.7. The van der Waals surface area contributed by atoms with E-state index < -0.39 is 5.60 Å². The molecule has 0 saturated heterocycles. The second-order valence-electron chi connectivity index (χ2n) is 6.91. The van der Waals surface area contributed by atoms with Gasteiger partial charge in [0, 0.05) is 18.3 Å². The molecule has 1 saturated carbocycles. The van der Waals surface area contributed by atoms with Crippen molar-refractivity contribution in [2.45, 2.75) is 50.8 Å². The predicted molar refractivity (Wildman–Crippen MR) is 96.1 cm³/mol. The van der Waals surface area contributed by atoms with Crippen LogP contribution in [0.5, 0.6) is 0 Å². The zero-order valence-corrected chi connectivity index (χ0v) is 14.6. The Kier molecular flexibility index (Phi) is 5.38. The first-order valence-corrected chi connectivity index (χ1v) is 8.87. The summed E-state index contributed by atoms with van der Waals surface area (Å²) in [4.78, 5) is 12.0. The highest BCUT2D eigenvalue weighted by atomic mass is 16.3. The van der Waals surface area contributed by atoms with Crippen LogP contribution >= 0.6 is 0 Å². The number of aromatic nitrogens is 2. The fourth-order valence-corrected chi connectivity index (χ4v) is 3.03. The minimum atomic E-state index is -0.558. The van der Waals surface area contributed by atoms with Gasteiger partial charge in [-0.05, 0) is 38.2 Å². The summed E-state index contributed by atoms with van der Waals surface area (Å²) in [7, 11) is 0. The Morgan fingerprint density at radius 2 is 2.12 bits per heavy atom. The molecule has 134 valence electrons. The van der Waals surface area contributed by atoms with Gasteiger partial charge < -0.3 is 15.7 Å². The third kappa shape index (κ3) is 4.82. The van der Waals surface area contributed by atoms with E-state index in [-0.39, 0.29) is 12.1 Å². The van der Waals surface area contributed by atoms with Gasteiger partial charge in [-0.2, -0.15) is 5.10 Å². The number of carbonyl (C=O) groups excluding carboxylic acids is 1. The third-order valence-corrected chi connectivity index (χ3v) is 4.85. The van der Waals surface area contributed by atoms with E-state index in [1.165, 1.54) is 5.56 Å². The maximum atomic E-state index is 12.0. The van der Waals surface area contributed by atoms with Crippen molar-refractivity contribution in [2.75, 3.05) is 6.54 Å². The zero-order chi connectivity index (χ0) is 17.7. The van der Waals surface area contributed by atoms with E-state index in [0.717, 1.165) is 24.8 Å². The van der Waals surface area contributed by atoms with Crippen molar-refractivity contribution in [3.8, 4) is 0 Å². The lowest BCUT2D eigenvalue weighted by Gasteiger charge is -2.36. The highest BCUT2D eigenvalue weighted by molar-refractivity contribution is 5.74. The fraction of sp³-hybridized carbons (Fsp3) is 0.474. The smallest absolute Gasteiger partial charge is 0.315 e. The summed E-state index contributed by atoms with van der Waals surface area (Å²) < 4.78 is 1.87. The molecule has 3 N–H and O–H groups in total. The van der Waals surface area contributed by atoms with Crippen molar-refractivity contribution in [3.05, 3.63) is 53.9 Å². The molecule has 1 aliphatic rings. The van der Waals surface area contributed by atoms with E-state index in [2.05, 4.69) is 27.9 Å². The monoisotopic (exact) mass is 342 g/mol. The first kappa shape index (κ1) is 17.5. The van der Waals surface area contributed by atoms with Gasteiger partial charge in [-0.25, -0.2) is 4.79 Å². The van der Waals surface area contributed by atoms with Crippen LogP contribution < -0.4 is 10.6 Å². The van der Waals surface area contributed by atoms with Crippen molar-refractivity contribution in [3.63, 3.8) is 0 Å². The van der Waals surface area contributed by atoms with Crippen molar-refractivity contribution in [2.24, 2.45) is 0 Å². The van der Waals surface area contributed by atoms with Crippen molar-refractivity contribution < 1.29 is 9.90 Å². The van der Waals surface area contributed by atoms with E-state index in [0.29, 0.717) is 19.5 Å². The summed E-state index contributed by atoms with van der Waals surface area (Å²) in [6, 6.07) is 9.79. The van der Waals surface area contributed by atoms with Crippen LogP contribution in [0.4, 0.5) is 4.79 Å². The highest BCUT2D eigenvalue weighted by Crippen LogP contribution is 2.33. The van der Waals surface area contributed by atoms with Crippen LogP contribution in [0.15, 0.2) is 42.7 Å². The van der Waals surface area contributed by atoms with Gasteiger partial charge in [0.15, 0.2) is 0 Å². The van der Waals surface area contributed by atoms with Gasteiger partial charge in [0.05, 0.1) is 24.4 Å². The Morgan fingerprint density at radius 1 is 1.36 bits per heavy atom. The van der Waals surface area contributed by atoms with Crippen LogP contribution in [0.2, 0.25) is 0 Å². The molecular weight excluding hydrogens is 316 g/mol. The van der Waals surface area contributed by atoms with E-state index >= 15 is 0 Å². The molecule has 0 unspecified atom stereocenters. The Morgan fingerprint density at radius 3 is 2.80 bits per heavy atom. The third-order valence-electron chi connectivity index (χ3n) is 4.85. The molecule has 25 heavy (non-hydrogen) atoms. The second kappa shape index (κ2) is 7.70. The number of urea groups is 1. The van der Waals surface area contributed by atoms with Gasteiger partial charge in [0.1, 0.15) is 0 Å². The SMILES string of the molecule is C[C@H](NC(=O)NCCC1(O)CCC1)c1cnn(Cc2ccccc2)c1. The summed E-state index contributed by atoms with van der Waals surface area (Å²) in [5, 5.41) is 20.1. The molecule has 1 heterocycles. The molecule has 1 aromatic heterocycles. The number of nitrogens with one attached hydrogen (secondary N) is 2. The quantitative estimate of drug-likeness (QED) is 0.724. The standard InChI is InChI=1S/C19H26N4O2/c1-15(22-18(24)20-11-10-19(25)8-5-9-19)17-12-21-23(14-17)13-16-6-3-2-4-7-16/h2-4,6-7,12,14-15,25H,5,8-11,13H2,1H3,(H2,20,22,24)/t15-/m0/s1. The van der Waals surface area contributed by atoms with Crippen molar-refractivity contribution in [1.29, 1.82) is 0 Å². The molecule has 6 nitrogen and oxygen atoms in total. The number of rotatable bonds is 7. The van der Waals surface area contributed by atoms with Crippen LogP contribution in [-0.4, -0.2) is 33.1 Å². The van der Waals surface area contributed by atoms with E-state index in [1.807, 2.05) is 36.0 Å². The van der Waals surface area contributed by atoms with Gasteiger partial charge in [-0.15, -0.1) is 0 Å². The molecule has 0 radical (unpaired) electrons. The maximum Gasteiger partial charge on any atom is 0.315 e. The second-order valence-corrected chi connectivity index (χ2v) is 6.91. The number of hydrogen-bond donors (Lipinski definition) is 3. The molecule has 0 bridgehead atoms. The van der Waals surface area contributed by atoms with Gasteiger partial charge in [-0.3, -0.25) is 4.68 Å². The Balaban J connectivity index is 1.44. The Bertz CT molecular complexity index is 694. The van der Waals surface area contributed by atoms with Crippen molar-refractivity contribution >= 4 is 6.03 Å². The van der Waals surface area contributed by atoms with Gasteiger partial charge in [0.25, 0.3) is 0 Å². The summed E-state index contributed by atoms with van der Waals surface area (Å²) in [5.41, 5.74) is 1.59. The largest absolute Gasteiger partial charge is 0.390 e. The minimum Gasteiger partial charge on any atom is -0.390 e. The van der Waals surface area contributed by atoms with E-state index in [9.17, 15) is 9.90 Å². The molecule has 1 fully saturated rings. The number of aliphatic hydroxyl groups is 1. The van der Waals surface area contributed by atoms with Crippen LogP contribution in [0.25, 0.3) is 0 Å². The number of carbonyl (C=O) groups is 1. The lowest BCUT2D eigenvalue weighted by molar-refractivity contribution is -0.0389. The maximum absolute atomic E-state index is 12.0. The van der Waals surface area contributed by atoms with Gasteiger partial charge in [0.2, 0.25) is 0 Å². The van der Waals surface area contributed by atoms with E-state index in [1.54, 1.807) is 6.20 Å². The first-order chi connectivity index (χ1) is 12.0. The molecule has 0 spiro atoms. The molecule has 1 aromatic carbocycles.